The molecular weight excluding hydrogens is 312 g/mol. The lowest BCUT2D eigenvalue weighted by atomic mass is 9.82. The number of carbonyl (C=O) groups is 1. The topological polar surface area (TPSA) is 52.6 Å². The summed E-state index contributed by atoms with van der Waals surface area (Å²) in [7, 11) is 1.81. The molecule has 0 bridgehead atoms. The van der Waals surface area contributed by atoms with E-state index in [2.05, 4.69) is 41.7 Å². The lowest BCUT2D eigenvalue weighted by molar-refractivity contribution is 0.0324. The van der Waals surface area contributed by atoms with Gasteiger partial charge >= 0.3 is 6.03 Å². The van der Waals surface area contributed by atoms with Crippen LogP contribution in [-0.4, -0.2) is 35.7 Å². The van der Waals surface area contributed by atoms with Crippen molar-refractivity contribution in [3.05, 3.63) is 60.2 Å². The minimum atomic E-state index is -0.177. The molecule has 1 aliphatic rings. The molecule has 1 unspecified atom stereocenters. The molecule has 2 aromatic carbocycles. The van der Waals surface area contributed by atoms with Crippen LogP contribution in [0.3, 0.4) is 0 Å². The minimum Gasteiger partial charge on any atom is -0.393 e. The van der Waals surface area contributed by atoms with Crippen LogP contribution in [0, 0.1) is 5.92 Å². The first-order valence-electron chi connectivity index (χ1n) is 8.88. The summed E-state index contributed by atoms with van der Waals surface area (Å²) in [4.78, 5) is 14.0. The zero-order chi connectivity index (χ0) is 17.8. The summed E-state index contributed by atoms with van der Waals surface area (Å²) in [6, 6.07) is 18.4. The highest BCUT2D eigenvalue weighted by molar-refractivity contribution is 5.74. The van der Waals surface area contributed by atoms with Gasteiger partial charge in [-0.15, -0.1) is 0 Å². The Morgan fingerprint density at radius 3 is 2.32 bits per heavy atom. The summed E-state index contributed by atoms with van der Waals surface area (Å²) in [5, 5.41) is 12.4. The second-order valence-electron chi connectivity index (χ2n) is 7.03. The van der Waals surface area contributed by atoms with Gasteiger partial charge in [-0.2, -0.15) is 0 Å². The minimum absolute atomic E-state index is 0.0493. The molecular formula is C21H26N2O2. The van der Waals surface area contributed by atoms with Crippen LogP contribution < -0.4 is 5.32 Å². The molecule has 2 amide bonds. The molecule has 25 heavy (non-hydrogen) atoms. The molecule has 132 valence electrons. The molecule has 3 rings (SSSR count). The van der Waals surface area contributed by atoms with E-state index in [4.69, 9.17) is 0 Å². The van der Waals surface area contributed by atoms with E-state index >= 15 is 0 Å². The van der Waals surface area contributed by atoms with E-state index in [1.165, 1.54) is 11.1 Å². The van der Waals surface area contributed by atoms with Crippen LogP contribution in [0.4, 0.5) is 4.79 Å². The van der Waals surface area contributed by atoms with Gasteiger partial charge in [0.15, 0.2) is 0 Å². The third kappa shape index (κ3) is 4.40. The number of hydrogen-bond acceptors (Lipinski definition) is 2. The van der Waals surface area contributed by atoms with Gasteiger partial charge in [0.2, 0.25) is 0 Å². The van der Waals surface area contributed by atoms with Gasteiger partial charge in [-0.1, -0.05) is 54.6 Å². The van der Waals surface area contributed by atoms with Gasteiger partial charge in [-0.25, -0.2) is 4.79 Å². The van der Waals surface area contributed by atoms with Gasteiger partial charge in [0.25, 0.3) is 0 Å². The first-order valence-corrected chi connectivity index (χ1v) is 8.88. The molecule has 4 heteroatoms. The molecule has 0 aliphatic heterocycles. The molecule has 0 radical (unpaired) electrons. The average molecular weight is 338 g/mol. The molecule has 0 aromatic heterocycles. The van der Waals surface area contributed by atoms with Gasteiger partial charge in [-0.05, 0) is 42.4 Å². The first-order chi connectivity index (χ1) is 12.0. The van der Waals surface area contributed by atoms with Gasteiger partial charge in [0, 0.05) is 13.6 Å². The predicted octanol–water partition coefficient (Wildman–Crippen LogP) is 3.83. The van der Waals surface area contributed by atoms with Crippen LogP contribution in [0.25, 0.3) is 11.1 Å². The zero-order valence-corrected chi connectivity index (χ0v) is 14.9. The van der Waals surface area contributed by atoms with E-state index in [0.29, 0.717) is 12.5 Å². The van der Waals surface area contributed by atoms with E-state index in [9.17, 15) is 9.90 Å². The number of amides is 2. The number of aliphatic hydroxyl groups excluding tert-OH is 1. The number of urea groups is 1. The van der Waals surface area contributed by atoms with Gasteiger partial charge in [0.05, 0.1) is 12.1 Å². The van der Waals surface area contributed by atoms with Crippen molar-refractivity contribution in [3.8, 4) is 11.1 Å². The average Bonchev–Trinajstić information content (AvgIpc) is 2.61. The van der Waals surface area contributed by atoms with Crippen LogP contribution in [0.5, 0.6) is 0 Å². The predicted molar refractivity (Wildman–Crippen MR) is 100 cm³/mol. The van der Waals surface area contributed by atoms with Crippen molar-refractivity contribution in [2.45, 2.75) is 31.9 Å². The SMILES string of the molecule is CC(NC(=O)N(C)CC1CC(O)C1)c1ccc(-c2ccccc2)cc1. The molecule has 1 atom stereocenters. The number of benzene rings is 2. The highest BCUT2D eigenvalue weighted by atomic mass is 16.3. The smallest absolute Gasteiger partial charge is 0.317 e. The lowest BCUT2D eigenvalue weighted by Gasteiger charge is -2.34. The highest BCUT2D eigenvalue weighted by Crippen LogP contribution is 2.27. The third-order valence-electron chi connectivity index (χ3n) is 4.95. The summed E-state index contributed by atoms with van der Waals surface area (Å²) < 4.78 is 0. The van der Waals surface area contributed by atoms with Gasteiger partial charge in [0.1, 0.15) is 0 Å². The number of aliphatic hydroxyl groups is 1. The molecule has 1 fully saturated rings. The number of nitrogens with zero attached hydrogens (tertiary/aromatic N) is 1. The summed E-state index contributed by atoms with van der Waals surface area (Å²) in [6.45, 7) is 2.69. The Morgan fingerprint density at radius 1 is 1.12 bits per heavy atom. The van der Waals surface area contributed by atoms with Crippen molar-refractivity contribution >= 4 is 6.03 Å². The van der Waals surface area contributed by atoms with Crippen LogP contribution in [-0.2, 0) is 0 Å². The largest absolute Gasteiger partial charge is 0.393 e. The quantitative estimate of drug-likeness (QED) is 0.870. The van der Waals surface area contributed by atoms with Crippen molar-refractivity contribution in [1.82, 2.24) is 10.2 Å². The summed E-state index contributed by atoms with van der Waals surface area (Å²) in [5.41, 5.74) is 3.44. The van der Waals surface area contributed by atoms with Crippen LogP contribution in [0.15, 0.2) is 54.6 Å². The van der Waals surface area contributed by atoms with Crippen molar-refractivity contribution in [3.63, 3.8) is 0 Å². The molecule has 2 N–H and O–H groups in total. The molecule has 0 saturated heterocycles. The third-order valence-corrected chi connectivity index (χ3v) is 4.95. The van der Waals surface area contributed by atoms with E-state index < -0.39 is 0 Å². The Labute approximate surface area is 149 Å². The van der Waals surface area contributed by atoms with Gasteiger partial charge < -0.3 is 15.3 Å². The Balaban J connectivity index is 1.55. The fourth-order valence-corrected chi connectivity index (χ4v) is 3.29. The Bertz CT molecular complexity index is 694. The van der Waals surface area contributed by atoms with Crippen molar-refractivity contribution < 1.29 is 9.90 Å². The van der Waals surface area contributed by atoms with Crippen LogP contribution in [0.1, 0.15) is 31.4 Å². The lowest BCUT2D eigenvalue weighted by Crippen LogP contribution is -2.44. The fourth-order valence-electron chi connectivity index (χ4n) is 3.29. The summed E-state index contributed by atoms with van der Waals surface area (Å²) in [6.07, 6.45) is 1.42. The Hall–Kier alpha value is -2.33. The maximum atomic E-state index is 12.3. The van der Waals surface area contributed by atoms with E-state index in [-0.39, 0.29) is 18.2 Å². The number of nitrogens with one attached hydrogen (secondary N) is 1. The Morgan fingerprint density at radius 2 is 1.72 bits per heavy atom. The van der Waals surface area contributed by atoms with E-state index in [1.54, 1.807) is 4.90 Å². The van der Waals surface area contributed by atoms with Crippen LogP contribution >= 0.6 is 0 Å². The Kier molecular flexibility index (Phi) is 5.39. The molecule has 4 nitrogen and oxygen atoms in total. The molecule has 0 spiro atoms. The monoisotopic (exact) mass is 338 g/mol. The second kappa shape index (κ2) is 7.70. The van der Waals surface area contributed by atoms with Crippen molar-refractivity contribution in [2.24, 2.45) is 5.92 Å². The second-order valence-corrected chi connectivity index (χ2v) is 7.03. The molecule has 0 heterocycles. The standard InChI is InChI=1S/C21H26N2O2/c1-15(22-21(25)23(2)14-16-12-20(24)13-16)17-8-10-19(11-9-17)18-6-4-3-5-7-18/h3-11,15-16,20,24H,12-14H2,1-2H3,(H,22,25). The van der Waals surface area contributed by atoms with E-state index in [0.717, 1.165) is 18.4 Å². The highest BCUT2D eigenvalue weighted by Gasteiger charge is 2.29. The molecule has 1 saturated carbocycles. The van der Waals surface area contributed by atoms with Crippen LogP contribution in [0.2, 0.25) is 0 Å². The summed E-state index contributed by atoms with van der Waals surface area (Å²) >= 11 is 0. The number of rotatable bonds is 5. The zero-order valence-electron chi connectivity index (χ0n) is 14.9. The van der Waals surface area contributed by atoms with E-state index in [1.807, 2.05) is 32.2 Å². The molecule has 1 aliphatic carbocycles. The first kappa shape index (κ1) is 17.5. The number of carbonyl (C=O) groups excluding carboxylic acids is 1. The fraction of sp³-hybridized carbons (Fsp3) is 0.381. The number of hydrogen-bond donors (Lipinski definition) is 2. The van der Waals surface area contributed by atoms with Crippen molar-refractivity contribution in [2.75, 3.05) is 13.6 Å². The summed E-state index contributed by atoms with van der Waals surface area (Å²) in [5.74, 6) is 0.422. The molecule has 2 aromatic rings. The van der Waals surface area contributed by atoms with Crippen molar-refractivity contribution in [1.29, 1.82) is 0 Å². The van der Waals surface area contributed by atoms with Gasteiger partial charge in [-0.3, -0.25) is 0 Å². The maximum absolute atomic E-state index is 12.3. The normalized spacial score (nSPS) is 20.4. The maximum Gasteiger partial charge on any atom is 0.317 e.